The van der Waals surface area contributed by atoms with Crippen LogP contribution in [0.1, 0.15) is 37.3 Å². The first-order chi connectivity index (χ1) is 11.5. The first-order valence-electron chi connectivity index (χ1n) is 8.09. The zero-order chi connectivity index (χ0) is 17.3. The molecule has 2 aromatic rings. The number of hydrogen-bond acceptors (Lipinski definition) is 5. The smallest absolute Gasteiger partial charge is 0.244 e. The molecule has 1 saturated heterocycles. The molecule has 0 aliphatic carbocycles. The predicted octanol–water partition coefficient (Wildman–Crippen LogP) is 2.44. The van der Waals surface area contributed by atoms with Gasteiger partial charge in [-0.15, -0.1) is 0 Å². The van der Waals surface area contributed by atoms with Gasteiger partial charge in [0.2, 0.25) is 17.6 Å². The first-order valence-corrected chi connectivity index (χ1v) is 8.09. The summed E-state index contributed by atoms with van der Waals surface area (Å²) in [4.78, 5) is 17.8. The average Bonchev–Trinajstić information content (AvgIpc) is 3.07. The molecule has 1 aliphatic heterocycles. The van der Waals surface area contributed by atoms with Crippen LogP contribution in [-0.2, 0) is 4.79 Å². The lowest BCUT2D eigenvalue weighted by atomic mass is 9.95. The van der Waals surface area contributed by atoms with Crippen LogP contribution >= 0.6 is 0 Å². The van der Waals surface area contributed by atoms with E-state index in [1.807, 2.05) is 6.92 Å². The van der Waals surface area contributed by atoms with Gasteiger partial charge in [0, 0.05) is 11.5 Å². The number of aromatic nitrogens is 2. The Balaban J connectivity index is 1.71. The number of primary amides is 1. The molecule has 24 heavy (non-hydrogen) atoms. The van der Waals surface area contributed by atoms with E-state index in [1.54, 1.807) is 19.1 Å². The minimum Gasteiger partial charge on any atom is -0.369 e. The Hall–Kier alpha value is -2.28. The van der Waals surface area contributed by atoms with Crippen LogP contribution < -0.4 is 5.73 Å². The second kappa shape index (κ2) is 6.68. The Bertz CT molecular complexity index is 738. The van der Waals surface area contributed by atoms with Gasteiger partial charge in [-0.05, 0) is 51.4 Å². The molecular weight excluding hydrogens is 311 g/mol. The third-order valence-corrected chi connectivity index (χ3v) is 4.71. The highest BCUT2D eigenvalue weighted by molar-refractivity contribution is 5.76. The lowest BCUT2D eigenvalue weighted by molar-refractivity contribution is -0.123. The van der Waals surface area contributed by atoms with Crippen LogP contribution in [0, 0.1) is 18.7 Å². The number of piperidine rings is 1. The van der Waals surface area contributed by atoms with Gasteiger partial charge >= 0.3 is 0 Å². The molecule has 1 fully saturated rings. The van der Waals surface area contributed by atoms with Gasteiger partial charge in [0.1, 0.15) is 5.82 Å². The van der Waals surface area contributed by atoms with E-state index in [4.69, 9.17) is 10.3 Å². The van der Waals surface area contributed by atoms with E-state index in [-0.39, 0.29) is 23.7 Å². The molecular formula is C17H21FN4O2. The lowest BCUT2D eigenvalue weighted by Crippen LogP contribution is -2.39. The van der Waals surface area contributed by atoms with Gasteiger partial charge in [-0.1, -0.05) is 17.3 Å². The molecule has 0 spiro atoms. The molecule has 2 heterocycles. The van der Waals surface area contributed by atoms with E-state index in [1.165, 1.54) is 6.07 Å². The highest BCUT2D eigenvalue weighted by Gasteiger charge is 2.28. The Morgan fingerprint density at radius 3 is 2.75 bits per heavy atom. The highest BCUT2D eigenvalue weighted by atomic mass is 19.1. The number of nitrogens with two attached hydrogens (primary N) is 1. The Kier molecular flexibility index (Phi) is 4.62. The fourth-order valence-electron chi connectivity index (χ4n) is 2.98. The van der Waals surface area contributed by atoms with Crippen LogP contribution in [0.5, 0.6) is 0 Å². The minimum absolute atomic E-state index is 0.0535. The van der Waals surface area contributed by atoms with Crippen molar-refractivity contribution in [1.82, 2.24) is 15.0 Å². The second-order valence-corrected chi connectivity index (χ2v) is 6.31. The fraction of sp³-hybridized carbons (Fsp3) is 0.471. The zero-order valence-corrected chi connectivity index (χ0v) is 13.8. The molecule has 1 atom stereocenters. The summed E-state index contributed by atoms with van der Waals surface area (Å²) in [7, 11) is 0. The van der Waals surface area contributed by atoms with Crippen molar-refractivity contribution >= 4 is 5.91 Å². The standard InChI is InChI=1S/C17H21FN4O2/c1-10-3-4-13(9-14(10)18)16-20-17(24-21-16)11(2)22-7-5-12(6-8-22)15(19)23/h3-4,9,11-12H,5-8H2,1-2H3,(H2,19,23). The van der Waals surface area contributed by atoms with E-state index in [9.17, 15) is 9.18 Å². The molecule has 1 unspecified atom stereocenters. The number of hydrogen-bond donors (Lipinski definition) is 1. The van der Waals surface area contributed by atoms with Gasteiger partial charge in [-0.2, -0.15) is 4.98 Å². The molecule has 3 rings (SSSR count). The number of carbonyl (C=O) groups excluding carboxylic acids is 1. The number of amides is 1. The molecule has 128 valence electrons. The first kappa shape index (κ1) is 16.6. The number of carbonyl (C=O) groups is 1. The quantitative estimate of drug-likeness (QED) is 0.929. The molecule has 1 amide bonds. The summed E-state index contributed by atoms with van der Waals surface area (Å²) < 4.78 is 19.1. The summed E-state index contributed by atoms with van der Waals surface area (Å²) in [5, 5.41) is 3.96. The fourth-order valence-corrected chi connectivity index (χ4v) is 2.98. The summed E-state index contributed by atoms with van der Waals surface area (Å²) in [5.41, 5.74) is 6.53. The summed E-state index contributed by atoms with van der Waals surface area (Å²) in [6.07, 6.45) is 1.48. The number of likely N-dealkylation sites (tertiary alicyclic amines) is 1. The molecule has 1 aromatic carbocycles. The van der Waals surface area contributed by atoms with Crippen LogP contribution in [0.2, 0.25) is 0 Å². The topological polar surface area (TPSA) is 85.3 Å². The van der Waals surface area contributed by atoms with Crippen LogP contribution in [0.4, 0.5) is 4.39 Å². The normalized spacial score (nSPS) is 17.8. The van der Waals surface area contributed by atoms with Crippen LogP contribution in [0.3, 0.4) is 0 Å². The summed E-state index contributed by atoms with van der Waals surface area (Å²) in [5.74, 6) is 0.290. The molecule has 0 bridgehead atoms. The second-order valence-electron chi connectivity index (χ2n) is 6.31. The maximum Gasteiger partial charge on any atom is 0.244 e. The van der Waals surface area contributed by atoms with Gasteiger partial charge in [0.15, 0.2) is 0 Å². The van der Waals surface area contributed by atoms with E-state index < -0.39 is 0 Å². The van der Waals surface area contributed by atoms with Crippen molar-refractivity contribution in [2.24, 2.45) is 11.7 Å². The summed E-state index contributed by atoms with van der Waals surface area (Å²) in [6.45, 7) is 5.20. The minimum atomic E-state index is -0.291. The van der Waals surface area contributed by atoms with Gasteiger partial charge in [0.25, 0.3) is 0 Å². The average molecular weight is 332 g/mol. The molecule has 2 N–H and O–H groups in total. The van der Waals surface area contributed by atoms with Crippen LogP contribution in [-0.4, -0.2) is 34.0 Å². The number of halogens is 1. The van der Waals surface area contributed by atoms with E-state index in [0.29, 0.717) is 22.8 Å². The van der Waals surface area contributed by atoms with E-state index in [0.717, 1.165) is 25.9 Å². The largest absolute Gasteiger partial charge is 0.369 e. The van der Waals surface area contributed by atoms with Crippen molar-refractivity contribution < 1.29 is 13.7 Å². The molecule has 7 heteroatoms. The Morgan fingerprint density at radius 1 is 1.42 bits per heavy atom. The van der Waals surface area contributed by atoms with Gasteiger partial charge < -0.3 is 10.3 Å². The predicted molar refractivity (Wildman–Crippen MR) is 86.3 cm³/mol. The van der Waals surface area contributed by atoms with E-state index in [2.05, 4.69) is 15.0 Å². The molecule has 0 saturated carbocycles. The number of benzene rings is 1. The van der Waals surface area contributed by atoms with Crippen molar-refractivity contribution in [1.29, 1.82) is 0 Å². The monoisotopic (exact) mass is 332 g/mol. The third kappa shape index (κ3) is 3.31. The Morgan fingerprint density at radius 2 is 2.12 bits per heavy atom. The van der Waals surface area contributed by atoms with Crippen molar-refractivity contribution in [2.75, 3.05) is 13.1 Å². The summed E-state index contributed by atoms with van der Waals surface area (Å²) >= 11 is 0. The number of nitrogens with zero attached hydrogens (tertiary/aromatic N) is 3. The van der Waals surface area contributed by atoms with Crippen molar-refractivity contribution in [2.45, 2.75) is 32.7 Å². The van der Waals surface area contributed by atoms with Crippen LogP contribution in [0.15, 0.2) is 22.7 Å². The molecule has 6 nitrogen and oxygen atoms in total. The lowest BCUT2D eigenvalue weighted by Gasteiger charge is -2.33. The molecule has 1 aromatic heterocycles. The van der Waals surface area contributed by atoms with Crippen LogP contribution in [0.25, 0.3) is 11.4 Å². The summed E-state index contributed by atoms with van der Waals surface area (Å²) in [6, 6.07) is 4.82. The van der Waals surface area contributed by atoms with Gasteiger partial charge in [-0.25, -0.2) is 4.39 Å². The van der Waals surface area contributed by atoms with Gasteiger partial charge in [-0.3, -0.25) is 9.69 Å². The van der Waals surface area contributed by atoms with Gasteiger partial charge in [0.05, 0.1) is 6.04 Å². The molecule has 0 radical (unpaired) electrons. The van der Waals surface area contributed by atoms with Crippen molar-refractivity contribution in [3.63, 3.8) is 0 Å². The van der Waals surface area contributed by atoms with Crippen molar-refractivity contribution in [3.8, 4) is 11.4 Å². The van der Waals surface area contributed by atoms with E-state index >= 15 is 0 Å². The maximum absolute atomic E-state index is 13.7. The highest BCUT2D eigenvalue weighted by Crippen LogP contribution is 2.27. The third-order valence-electron chi connectivity index (χ3n) is 4.71. The zero-order valence-electron chi connectivity index (χ0n) is 13.8. The Labute approximate surface area is 139 Å². The number of aryl methyl sites for hydroxylation is 1. The number of rotatable bonds is 4. The van der Waals surface area contributed by atoms with Crippen molar-refractivity contribution in [3.05, 3.63) is 35.5 Å². The SMILES string of the molecule is Cc1ccc(-c2noc(C(C)N3CCC(C(N)=O)CC3)n2)cc1F. The maximum atomic E-state index is 13.7. The molecule has 1 aliphatic rings.